The van der Waals surface area contributed by atoms with Crippen molar-refractivity contribution in [3.05, 3.63) is 35.5 Å². The summed E-state index contributed by atoms with van der Waals surface area (Å²) in [5, 5.41) is 2.56. The van der Waals surface area contributed by atoms with E-state index < -0.39 is 11.9 Å². The molecule has 1 aliphatic rings. The molecule has 0 aliphatic carbocycles. The Hall–Kier alpha value is -2.31. The number of hydrogen-bond acceptors (Lipinski definition) is 4. The van der Waals surface area contributed by atoms with Crippen LogP contribution in [0.4, 0.5) is 19.1 Å². The first kappa shape index (κ1) is 13.7. The number of halogens is 3. The molecule has 0 amide bonds. The molecule has 21 heavy (non-hydrogen) atoms. The highest BCUT2D eigenvalue weighted by Crippen LogP contribution is 2.33. The van der Waals surface area contributed by atoms with Gasteiger partial charge in [-0.25, -0.2) is 9.97 Å². The highest BCUT2D eigenvalue weighted by molar-refractivity contribution is 5.64. The minimum absolute atomic E-state index is 0.0587. The second-order valence-corrected chi connectivity index (χ2v) is 4.63. The normalized spacial score (nSPS) is 13.7. The molecule has 0 radical (unpaired) electrons. The molecular formula is C14H12F3N3O. The summed E-state index contributed by atoms with van der Waals surface area (Å²) in [4.78, 5) is 7.55. The molecule has 1 N–H and O–H groups in total. The Morgan fingerprint density at radius 1 is 1.19 bits per heavy atom. The first-order valence-corrected chi connectivity index (χ1v) is 6.37. The number of nitrogens with one attached hydrogen (secondary N) is 1. The van der Waals surface area contributed by atoms with E-state index in [-0.39, 0.29) is 11.6 Å². The van der Waals surface area contributed by atoms with E-state index in [1.807, 2.05) is 6.07 Å². The summed E-state index contributed by atoms with van der Waals surface area (Å²) < 4.78 is 44.0. The van der Waals surface area contributed by atoms with Crippen molar-refractivity contribution >= 4 is 5.95 Å². The van der Waals surface area contributed by atoms with Crippen molar-refractivity contribution < 1.29 is 17.9 Å². The van der Waals surface area contributed by atoms with Gasteiger partial charge in [0, 0.05) is 19.0 Å². The monoisotopic (exact) mass is 295 g/mol. The van der Waals surface area contributed by atoms with Gasteiger partial charge in [0.15, 0.2) is 5.69 Å². The van der Waals surface area contributed by atoms with Crippen molar-refractivity contribution in [1.82, 2.24) is 9.97 Å². The molecule has 0 spiro atoms. The zero-order valence-electron chi connectivity index (χ0n) is 11.2. The van der Waals surface area contributed by atoms with E-state index in [1.54, 1.807) is 12.1 Å². The fraction of sp³-hybridized carbons (Fsp3) is 0.286. The lowest BCUT2D eigenvalue weighted by Crippen LogP contribution is -2.11. The number of alkyl halides is 3. The van der Waals surface area contributed by atoms with Gasteiger partial charge in [-0.15, -0.1) is 0 Å². The molecule has 4 nitrogen and oxygen atoms in total. The summed E-state index contributed by atoms with van der Waals surface area (Å²) in [6, 6.07) is 6.22. The molecule has 1 aromatic carbocycles. The molecule has 0 bridgehead atoms. The molecule has 2 heterocycles. The Balaban J connectivity index is 2.09. The maximum atomic E-state index is 12.9. The van der Waals surface area contributed by atoms with Gasteiger partial charge in [0.25, 0.3) is 0 Å². The van der Waals surface area contributed by atoms with E-state index in [0.29, 0.717) is 12.2 Å². The third kappa shape index (κ3) is 2.63. The van der Waals surface area contributed by atoms with Gasteiger partial charge in [0.2, 0.25) is 5.95 Å². The minimum atomic E-state index is -4.51. The van der Waals surface area contributed by atoms with Crippen LogP contribution in [-0.4, -0.2) is 23.6 Å². The smallest absolute Gasteiger partial charge is 0.433 e. The van der Waals surface area contributed by atoms with E-state index >= 15 is 0 Å². The molecule has 2 aromatic rings. The lowest BCUT2D eigenvalue weighted by atomic mass is 10.1. The Labute approximate surface area is 119 Å². The van der Waals surface area contributed by atoms with Crippen LogP contribution >= 0.6 is 0 Å². The Kier molecular flexibility index (Phi) is 3.19. The van der Waals surface area contributed by atoms with Crippen molar-refractivity contribution in [2.24, 2.45) is 0 Å². The number of ether oxygens (including phenoxy) is 1. The third-order valence-electron chi connectivity index (χ3n) is 3.23. The van der Waals surface area contributed by atoms with Gasteiger partial charge in [-0.3, -0.25) is 0 Å². The second kappa shape index (κ2) is 4.91. The summed E-state index contributed by atoms with van der Waals surface area (Å²) in [5.74, 6) is 0.717. The lowest BCUT2D eigenvalue weighted by molar-refractivity contribution is -0.141. The van der Waals surface area contributed by atoms with Crippen molar-refractivity contribution in [3.8, 4) is 17.0 Å². The van der Waals surface area contributed by atoms with Gasteiger partial charge in [-0.05, 0) is 29.8 Å². The Morgan fingerprint density at radius 2 is 2.00 bits per heavy atom. The molecule has 110 valence electrons. The van der Waals surface area contributed by atoms with E-state index in [1.165, 1.54) is 7.05 Å². The number of hydrogen-bond donors (Lipinski definition) is 1. The fourth-order valence-electron chi connectivity index (χ4n) is 2.20. The summed E-state index contributed by atoms with van der Waals surface area (Å²) in [6.45, 7) is 0.595. The van der Waals surface area contributed by atoms with E-state index in [2.05, 4.69) is 15.3 Å². The van der Waals surface area contributed by atoms with Crippen LogP contribution in [0.1, 0.15) is 11.3 Å². The molecule has 0 fully saturated rings. The Morgan fingerprint density at radius 3 is 2.71 bits per heavy atom. The number of anilines is 1. The largest absolute Gasteiger partial charge is 0.493 e. The lowest BCUT2D eigenvalue weighted by Gasteiger charge is -2.10. The van der Waals surface area contributed by atoms with Crippen LogP contribution in [0, 0.1) is 0 Å². The van der Waals surface area contributed by atoms with Crippen molar-refractivity contribution in [1.29, 1.82) is 0 Å². The van der Waals surface area contributed by atoms with Gasteiger partial charge >= 0.3 is 6.18 Å². The topological polar surface area (TPSA) is 47.0 Å². The van der Waals surface area contributed by atoms with Gasteiger partial charge in [-0.1, -0.05) is 0 Å². The number of rotatable bonds is 2. The second-order valence-electron chi connectivity index (χ2n) is 4.63. The predicted octanol–water partition coefficient (Wildman–Crippen LogP) is 3.14. The summed E-state index contributed by atoms with van der Waals surface area (Å²) in [7, 11) is 1.48. The van der Waals surface area contributed by atoms with E-state index in [0.717, 1.165) is 23.8 Å². The third-order valence-corrected chi connectivity index (χ3v) is 3.23. The molecule has 0 saturated heterocycles. The molecule has 7 heteroatoms. The first-order chi connectivity index (χ1) is 9.97. The predicted molar refractivity (Wildman–Crippen MR) is 71.2 cm³/mol. The van der Waals surface area contributed by atoms with Crippen LogP contribution < -0.4 is 10.1 Å². The highest BCUT2D eigenvalue weighted by atomic mass is 19.4. The maximum Gasteiger partial charge on any atom is 0.433 e. The molecular weight excluding hydrogens is 283 g/mol. The number of benzene rings is 1. The Bertz CT molecular complexity index is 686. The molecule has 1 aliphatic heterocycles. The first-order valence-electron chi connectivity index (χ1n) is 6.37. The van der Waals surface area contributed by atoms with Crippen molar-refractivity contribution in [2.45, 2.75) is 12.6 Å². The average Bonchev–Trinajstić information content (AvgIpc) is 2.93. The number of fused-ring (bicyclic) bond motifs is 1. The number of aromatic nitrogens is 2. The standard InChI is InChI=1S/C14H12F3N3O/c1-18-13-19-10(7-12(20-13)14(15,16)17)8-2-3-11-9(6-8)4-5-21-11/h2-3,6-7H,4-5H2,1H3,(H,18,19,20). The van der Waals surface area contributed by atoms with Gasteiger partial charge in [-0.2, -0.15) is 13.2 Å². The van der Waals surface area contributed by atoms with Gasteiger partial charge in [0.05, 0.1) is 12.3 Å². The molecule has 3 rings (SSSR count). The SMILES string of the molecule is CNc1nc(-c2ccc3c(c2)CCO3)cc(C(F)(F)F)n1. The molecule has 1 aromatic heterocycles. The van der Waals surface area contributed by atoms with Gasteiger partial charge in [0.1, 0.15) is 5.75 Å². The van der Waals surface area contributed by atoms with Gasteiger partial charge < -0.3 is 10.1 Å². The fourth-order valence-corrected chi connectivity index (χ4v) is 2.20. The van der Waals surface area contributed by atoms with E-state index in [9.17, 15) is 13.2 Å². The summed E-state index contributed by atoms with van der Waals surface area (Å²) >= 11 is 0. The number of nitrogens with zero attached hydrogens (tertiary/aromatic N) is 2. The minimum Gasteiger partial charge on any atom is -0.493 e. The molecule has 0 atom stereocenters. The van der Waals surface area contributed by atoms with Crippen LogP contribution in [0.25, 0.3) is 11.3 Å². The van der Waals surface area contributed by atoms with Crippen molar-refractivity contribution in [2.75, 3.05) is 19.0 Å². The summed E-state index contributed by atoms with van der Waals surface area (Å²) in [5.41, 5.74) is 0.860. The van der Waals surface area contributed by atoms with Crippen LogP contribution in [-0.2, 0) is 12.6 Å². The highest BCUT2D eigenvalue weighted by Gasteiger charge is 2.33. The maximum absolute atomic E-state index is 12.9. The van der Waals surface area contributed by atoms with Crippen LogP contribution in [0.2, 0.25) is 0 Å². The summed E-state index contributed by atoms with van der Waals surface area (Å²) in [6.07, 6.45) is -3.76. The zero-order chi connectivity index (χ0) is 15.0. The van der Waals surface area contributed by atoms with Crippen LogP contribution in [0.15, 0.2) is 24.3 Å². The molecule has 0 unspecified atom stereocenters. The van der Waals surface area contributed by atoms with Crippen LogP contribution in [0.5, 0.6) is 5.75 Å². The van der Waals surface area contributed by atoms with Crippen LogP contribution in [0.3, 0.4) is 0 Å². The zero-order valence-corrected chi connectivity index (χ0v) is 11.2. The van der Waals surface area contributed by atoms with Crippen molar-refractivity contribution in [3.63, 3.8) is 0 Å². The molecule has 0 saturated carbocycles. The van der Waals surface area contributed by atoms with E-state index in [4.69, 9.17) is 4.74 Å². The average molecular weight is 295 g/mol. The quantitative estimate of drug-likeness (QED) is 0.924.